The van der Waals surface area contributed by atoms with Crippen LogP contribution in [0, 0.1) is 0 Å². The van der Waals surface area contributed by atoms with Crippen molar-refractivity contribution in [1.29, 1.82) is 0 Å². The van der Waals surface area contributed by atoms with Gasteiger partial charge >= 0.3 is 6.03 Å². The van der Waals surface area contributed by atoms with Crippen molar-refractivity contribution < 1.29 is 14.0 Å². The largest absolute Gasteiger partial charge is 0.467 e. The van der Waals surface area contributed by atoms with Gasteiger partial charge in [-0.2, -0.15) is 0 Å². The van der Waals surface area contributed by atoms with Gasteiger partial charge in [-0.15, -0.1) is 0 Å². The van der Waals surface area contributed by atoms with E-state index in [0.29, 0.717) is 18.8 Å². The molecule has 4 rings (SSSR count). The van der Waals surface area contributed by atoms with Gasteiger partial charge in [-0.25, -0.2) is 4.79 Å². The molecule has 1 N–H and O–H groups in total. The second-order valence-corrected chi connectivity index (χ2v) is 8.97. The predicted molar refractivity (Wildman–Crippen MR) is 144 cm³/mol. The molecule has 0 radical (unpaired) electrons. The zero-order chi connectivity index (χ0) is 25.3. The SMILES string of the molecule is CCC(C)N(CC(=O)N(CCc1ccccc1)Cc1ccco1)C(=O)Nc1cccc2ccccc12. The lowest BCUT2D eigenvalue weighted by Gasteiger charge is -2.31. The Hall–Kier alpha value is -4.06. The van der Waals surface area contributed by atoms with Crippen LogP contribution >= 0.6 is 0 Å². The highest BCUT2D eigenvalue weighted by Crippen LogP contribution is 2.23. The maximum atomic E-state index is 13.6. The average molecular weight is 484 g/mol. The molecule has 6 heteroatoms. The van der Waals surface area contributed by atoms with Gasteiger partial charge in [0.15, 0.2) is 0 Å². The molecule has 1 atom stereocenters. The summed E-state index contributed by atoms with van der Waals surface area (Å²) in [6.07, 6.45) is 3.07. The van der Waals surface area contributed by atoms with Gasteiger partial charge in [0.2, 0.25) is 5.91 Å². The van der Waals surface area contributed by atoms with Gasteiger partial charge in [0.25, 0.3) is 0 Å². The summed E-state index contributed by atoms with van der Waals surface area (Å²) in [6.45, 7) is 4.86. The Morgan fingerprint density at radius 1 is 0.917 bits per heavy atom. The van der Waals surface area contributed by atoms with E-state index in [2.05, 4.69) is 17.4 Å². The number of hydrogen-bond donors (Lipinski definition) is 1. The van der Waals surface area contributed by atoms with Crippen LogP contribution in [0.25, 0.3) is 10.8 Å². The Kier molecular flexibility index (Phi) is 8.40. The lowest BCUT2D eigenvalue weighted by molar-refractivity contribution is -0.133. The van der Waals surface area contributed by atoms with Crippen LogP contribution in [0.5, 0.6) is 0 Å². The minimum absolute atomic E-state index is 0.0128. The summed E-state index contributed by atoms with van der Waals surface area (Å²) >= 11 is 0. The molecule has 0 aliphatic carbocycles. The van der Waals surface area contributed by atoms with E-state index in [-0.39, 0.29) is 24.5 Å². The van der Waals surface area contributed by atoms with Crippen molar-refractivity contribution >= 4 is 28.4 Å². The fourth-order valence-electron chi connectivity index (χ4n) is 4.21. The third kappa shape index (κ3) is 6.33. The molecule has 0 spiro atoms. The molecule has 0 saturated carbocycles. The quantitative estimate of drug-likeness (QED) is 0.286. The van der Waals surface area contributed by atoms with E-state index in [9.17, 15) is 9.59 Å². The molecule has 3 amide bonds. The third-order valence-corrected chi connectivity index (χ3v) is 6.51. The number of rotatable bonds is 10. The molecule has 0 saturated heterocycles. The molecular formula is C30H33N3O3. The van der Waals surface area contributed by atoms with E-state index < -0.39 is 0 Å². The number of urea groups is 1. The van der Waals surface area contributed by atoms with E-state index in [4.69, 9.17) is 4.42 Å². The van der Waals surface area contributed by atoms with Crippen LogP contribution in [-0.4, -0.2) is 40.9 Å². The average Bonchev–Trinajstić information content (AvgIpc) is 3.43. The Morgan fingerprint density at radius 2 is 1.67 bits per heavy atom. The van der Waals surface area contributed by atoms with Crippen LogP contribution < -0.4 is 5.32 Å². The summed E-state index contributed by atoms with van der Waals surface area (Å²) < 4.78 is 5.52. The third-order valence-electron chi connectivity index (χ3n) is 6.51. The van der Waals surface area contributed by atoms with Gasteiger partial charge in [-0.3, -0.25) is 4.79 Å². The van der Waals surface area contributed by atoms with Crippen molar-refractivity contribution in [2.75, 3.05) is 18.4 Å². The van der Waals surface area contributed by atoms with E-state index in [0.717, 1.165) is 34.9 Å². The summed E-state index contributed by atoms with van der Waals surface area (Å²) in [5, 5.41) is 5.06. The molecule has 1 unspecified atom stereocenters. The number of benzene rings is 3. The number of furan rings is 1. The number of anilines is 1. The number of amides is 3. The van der Waals surface area contributed by atoms with E-state index in [1.165, 1.54) is 0 Å². The van der Waals surface area contributed by atoms with Crippen LogP contribution in [0.4, 0.5) is 10.5 Å². The molecule has 0 fully saturated rings. The van der Waals surface area contributed by atoms with E-state index >= 15 is 0 Å². The zero-order valence-electron chi connectivity index (χ0n) is 20.9. The second kappa shape index (κ2) is 12.1. The predicted octanol–water partition coefficient (Wildman–Crippen LogP) is 6.34. The molecule has 1 aromatic heterocycles. The molecule has 0 aliphatic rings. The van der Waals surface area contributed by atoms with E-state index in [1.807, 2.05) is 86.6 Å². The molecular weight excluding hydrogens is 450 g/mol. The summed E-state index contributed by atoms with van der Waals surface area (Å²) in [6, 6.07) is 27.1. The van der Waals surface area contributed by atoms with Crippen LogP contribution in [-0.2, 0) is 17.8 Å². The Morgan fingerprint density at radius 3 is 2.42 bits per heavy atom. The molecule has 0 aliphatic heterocycles. The van der Waals surface area contributed by atoms with Crippen molar-refractivity contribution in [2.24, 2.45) is 0 Å². The highest BCUT2D eigenvalue weighted by atomic mass is 16.3. The van der Waals surface area contributed by atoms with E-state index in [1.54, 1.807) is 16.1 Å². The molecule has 6 nitrogen and oxygen atoms in total. The summed E-state index contributed by atoms with van der Waals surface area (Å²) in [5.74, 6) is 0.599. The lowest BCUT2D eigenvalue weighted by Crippen LogP contribution is -2.48. The van der Waals surface area contributed by atoms with Gasteiger partial charge in [-0.1, -0.05) is 73.7 Å². The van der Waals surface area contributed by atoms with Crippen LogP contribution in [0.15, 0.2) is 95.6 Å². The zero-order valence-corrected chi connectivity index (χ0v) is 20.9. The molecule has 0 bridgehead atoms. The highest BCUT2D eigenvalue weighted by molar-refractivity contribution is 6.02. The van der Waals surface area contributed by atoms with Crippen LogP contribution in [0.2, 0.25) is 0 Å². The lowest BCUT2D eigenvalue weighted by atomic mass is 10.1. The van der Waals surface area contributed by atoms with Gasteiger partial charge in [-0.05, 0) is 48.9 Å². The molecule has 36 heavy (non-hydrogen) atoms. The molecule has 1 heterocycles. The number of carbonyl (C=O) groups excluding carboxylic acids is 2. The molecule has 4 aromatic rings. The minimum atomic E-state index is -0.282. The summed E-state index contributed by atoms with van der Waals surface area (Å²) in [4.78, 5) is 30.4. The first-order valence-electron chi connectivity index (χ1n) is 12.4. The first-order valence-corrected chi connectivity index (χ1v) is 12.4. The number of carbonyl (C=O) groups is 2. The van der Waals surface area contributed by atoms with Crippen molar-refractivity contribution in [2.45, 2.75) is 39.3 Å². The number of hydrogen-bond acceptors (Lipinski definition) is 3. The van der Waals surface area contributed by atoms with Crippen molar-refractivity contribution in [3.8, 4) is 0 Å². The molecule has 3 aromatic carbocycles. The minimum Gasteiger partial charge on any atom is -0.467 e. The first kappa shape index (κ1) is 25.0. The fourth-order valence-corrected chi connectivity index (χ4v) is 4.21. The topological polar surface area (TPSA) is 65.8 Å². The van der Waals surface area contributed by atoms with Gasteiger partial charge < -0.3 is 19.5 Å². The highest BCUT2D eigenvalue weighted by Gasteiger charge is 2.25. The van der Waals surface area contributed by atoms with Gasteiger partial charge in [0.05, 0.1) is 18.5 Å². The number of nitrogens with one attached hydrogen (secondary N) is 1. The fraction of sp³-hybridized carbons (Fsp3) is 0.267. The normalized spacial score (nSPS) is 11.7. The van der Waals surface area contributed by atoms with Crippen molar-refractivity contribution in [1.82, 2.24) is 9.80 Å². The monoisotopic (exact) mass is 483 g/mol. The number of fused-ring (bicyclic) bond motifs is 1. The molecule has 186 valence electrons. The standard InChI is InChI=1S/C30H33N3O3/c1-3-23(2)33(30(35)31-28-17-9-14-25-13-7-8-16-27(25)28)22-29(34)32(21-26-15-10-20-36-26)19-18-24-11-5-4-6-12-24/h4-17,20,23H,3,18-19,21-22H2,1-2H3,(H,31,35). The number of nitrogens with zero attached hydrogens (tertiary/aromatic N) is 2. The van der Waals surface area contributed by atoms with Crippen molar-refractivity contribution in [3.05, 3.63) is 103 Å². The summed E-state index contributed by atoms with van der Waals surface area (Å²) in [5.41, 5.74) is 1.89. The maximum Gasteiger partial charge on any atom is 0.322 e. The smallest absolute Gasteiger partial charge is 0.322 e. The Labute approximate surface area is 212 Å². The summed E-state index contributed by atoms with van der Waals surface area (Å²) in [7, 11) is 0. The first-order chi connectivity index (χ1) is 17.5. The van der Waals surface area contributed by atoms with Gasteiger partial charge in [0, 0.05) is 18.0 Å². The van der Waals surface area contributed by atoms with Gasteiger partial charge in [0.1, 0.15) is 12.3 Å². The van der Waals surface area contributed by atoms with Crippen molar-refractivity contribution in [3.63, 3.8) is 0 Å². The Bertz CT molecular complexity index is 1270. The second-order valence-electron chi connectivity index (χ2n) is 8.97. The maximum absolute atomic E-state index is 13.6. The van der Waals surface area contributed by atoms with Crippen LogP contribution in [0.3, 0.4) is 0 Å². The Balaban J connectivity index is 1.51. The van der Waals surface area contributed by atoms with Crippen LogP contribution in [0.1, 0.15) is 31.6 Å².